The minimum absolute atomic E-state index is 0.106. The lowest BCUT2D eigenvalue weighted by molar-refractivity contribution is -0.000514. The van der Waals surface area contributed by atoms with Gasteiger partial charge in [0.15, 0.2) is 0 Å². The first-order chi connectivity index (χ1) is 13.2. The van der Waals surface area contributed by atoms with Crippen LogP contribution in [-0.4, -0.2) is 53.1 Å². The van der Waals surface area contributed by atoms with Crippen molar-refractivity contribution in [3.63, 3.8) is 0 Å². The van der Waals surface area contributed by atoms with E-state index in [9.17, 15) is 0 Å². The fraction of sp³-hybridized carbons (Fsp3) is 0.667. The minimum Gasteiger partial charge on any atom is -0.462 e. The molecule has 2 aromatic rings. The van der Waals surface area contributed by atoms with E-state index in [1.54, 1.807) is 0 Å². The molecule has 5 heterocycles. The van der Waals surface area contributed by atoms with E-state index in [0.29, 0.717) is 0 Å². The van der Waals surface area contributed by atoms with Crippen LogP contribution in [0.3, 0.4) is 0 Å². The summed E-state index contributed by atoms with van der Waals surface area (Å²) in [5.74, 6) is 2.07. The molecule has 5 rings (SSSR count). The van der Waals surface area contributed by atoms with E-state index >= 15 is 0 Å². The molecule has 27 heavy (non-hydrogen) atoms. The van der Waals surface area contributed by atoms with E-state index in [4.69, 9.17) is 14.1 Å². The molecule has 146 valence electrons. The van der Waals surface area contributed by atoms with Crippen LogP contribution in [0.25, 0.3) is 0 Å². The number of H-pyrrole nitrogens is 1. The van der Waals surface area contributed by atoms with E-state index in [1.165, 1.54) is 24.2 Å². The first kappa shape index (κ1) is 17.5. The maximum absolute atomic E-state index is 6.13. The molecule has 1 N–H and O–H groups in total. The van der Waals surface area contributed by atoms with E-state index in [2.05, 4.69) is 34.0 Å². The Kier molecular flexibility index (Phi) is 4.58. The minimum atomic E-state index is 0.106. The largest absolute Gasteiger partial charge is 0.462 e. The molecule has 2 fully saturated rings. The van der Waals surface area contributed by atoms with E-state index in [1.807, 2.05) is 6.33 Å². The van der Waals surface area contributed by atoms with Crippen LogP contribution in [0.2, 0.25) is 0 Å². The van der Waals surface area contributed by atoms with Crippen LogP contribution in [0.1, 0.15) is 61.1 Å². The maximum atomic E-state index is 6.13. The van der Waals surface area contributed by atoms with Crippen molar-refractivity contribution in [3.05, 3.63) is 41.4 Å². The van der Waals surface area contributed by atoms with Crippen LogP contribution in [0.5, 0.6) is 0 Å². The van der Waals surface area contributed by atoms with Gasteiger partial charge in [-0.1, -0.05) is 0 Å². The molecule has 6 heteroatoms. The van der Waals surface area contributed by atoms with Crippen LogP contribution in [0.4, 0.5) is 0 Å². The zero-order valence-corrected chi connectivity index (χ0v) is 16.2. The Balaban J connectivity index is 1.24. The Morgan fingerprint density at radius 1 is 1.22 bits per heavy atom. The molecule has 0 aliphatic carbocycles. The lowest BCUT2D eigenvalue weighted by atomic mass is 9.79. The third kappa shape index (κ3) is 3.13. The number of furan rings is 1. The highest BCUT2D eigenvalue weighted by Gasteiger charge is 2.44. The summed E-state index contributed by atoms with van der Waals surface area (Å²) >= 11 is 0. The standard InChI is InChI=1S/C21H30N4O2/c1-24-10-7-17-20(23-15-22-17)21(24)8-11-25(12-9-21)14-16-5-6-19(27-16)18-4-2-3-13-26-18/h5-6,15,18H,2-4,7-14H2,1H3,(H,22,23)/t18-/m0/s1. The SMILES string of the molecule is CN1CCc2[nH]cnc2C12CCN(Cc1ccc([C@@H]3CCCCO3)o1)CC2. The molecule has 1 atom stereocenters. The summed E-state index contributed by atoms with van der Waals surface area (Å²) in [5.41, 5.74) is 2.73. The van der Waals surface area contributed by atoms with Crippen molar-refractivity contribution in [3.8, 4) is 0 Å². The number of likely N-dealkylation sites (N-methyl/N-ethyl adjacent to an activating group) is 1. The van der Waals surface area contributed by atoms with Crippen LogP contribution in [0.15, 0.2) is 22.9 Å². The third-order valence-corrected chi connectivity index (χ3v) is 6.83. The molecule has 2 saturated heterocycles. The second kappa shape index (κ2) is 7.08. The normalized spacial score (nSPS) is 26.3. The molecular formula is C21H30N4O2. The van der Waals surface area contributed by atoms with Gasteiger partial charge in [0.05, 0.1) is 24.1 Å². The Bertz CT molecular complexity index is 769. The number of likely N-dealkylation sites (tertiary alicyclic amines) is 1. The second-order valence-corrected chi connectivity index (χ2v) is 8.37. The number of imidazole rings is 1. The molecule has 3 aliphatic rings. The Hall–Kier alpha value is -1.63. The lowest BCUT2D eigenvalue weighted by Gasteiger charge is -2.49. The van der Waals surface area contributed by atoms with Gasteiger partial charge < -0.3 is 14.1 Å². The van der Waals surface area contributed by atoms with E-state index < -0.39 is 0 Å². The molecule has 0 bridgehead atoms. The van der Waals surface area contributed by atoms with Crippen molar-refractivity contribution in [2.24, 2.45) is 0 Å². The van der Waals surface area contributed by atoms with Gasteiger partial charge in [0.2, 0.25) is 0 Å². The molecule has 0 unspecified atom stereocenters. The number of piperidine rings is 1. The summed E-state index contributed by atoms with van der Waals surface area (Å²) in [5, 5.41) is 0. The van der Waals surface area contributed by atoms with Crippen molar-refractivity contribution in [2.75, 3.05) is 33.3 Å². The van der Waals surface area contributed by atoms with Gasteiger partial charge in [-0.25, -0.2) is 4.98 Å². The third-order valence-electron chi connectivity index (χ3n) is 6.83. The predicted octanol–water partition coefficient (Wildman–Crippen LogP) is 3.22. The summed E-state index contributed by atoms with van der Waals surface area (Å²) in [6.07, 6.45) is 8.85. The molecule has 0 saturated carbocycles. The topological polar surface area (TPSA) is 57.5 Å². The van der Waals surface area contributed by atoms with Crippen molar-refractivity contribution in [1.29, 1.82) is 0 Å². The monoisotopic (exact) mass is 370 g/mol. The molecule has 3 aliphatic heterocycles. The van der Waals surface area contributed by atoms with Gasteiger partial charge in [-0.3, -0.25) is 9.80 Å². The summed E-state index contributed by atoms with van der Waals surface area (Å²) in [6, 6.07) is 4.25. The van der Waals surface area contributed by atoms with Gasteiger partial charge in [-0.05, 0) is 51.3 Å². The zero-order chi connectivity index (χ0) is 18.3. The van der Waals surface area contributed by atoms with Crippen molar-refractivity contribution in [2.45, 2.75) is 56.7 Å². The van der Waals surface area contributed by atoms with E-state index in [0.717, 1.165) is 70.0 Å². The number of fused-ring (bicyclic) bond motifs is 2. The maximum Gasteiger partial charge on any atom is 0.133 e. The van der Waals surface area contributed by atoms with Gasteiger partial charge in [0, 0.05) is 38.4 Å². The Labute approximate surface area is 160 Å². The number of ether oxygens (including phenoxy) is 1. The summed E-state index contributed by atoms with van der Waals surface area (Å²) in [4.78, 5) is 13.1. The Morgan fingerprint density at radius 3 is 2.93 bits per heavy atom. The fourth-order valence-electron chi connectivity index (χ4n) is 5.12. The number of nitrogens with one attached hydrogen (secondary N) is 1. The number of aromatic amines is 1. The highest BCUT2D eigenvalue weighted by Crippen LogP contribution is 2.41. The van der Waals surface area contributed by atoms with Crippen LogP contribution < -0.4 is 0 Å². The number of hydrogen-bond donors (Lipinski definition) is 1. The number of rotatable bonds is 3. The van der Waals surface area contributed by atoms with Gasteiger partial charge in [-0.2, -0.15) is 0 Å². The van der Waals surface area contributed by atoms with E-state index in [-0.39, 0.29) is 11.6 Å². The van der Waals surface area contributed by atoms with Gasteiger partial charge in [0.1, 0.15) is 17.6 Å². The number of hydrogen-bond acceptors (Lipinski definition) is 5. The number of nitrogens with zero attached hydrogens (tertiary/aromatic N) is 3. The van der Waals surface area contributed by atoms with Crippen LogP contribution >= 0.6 is 0 Å². The lowest BCUT2D eigenvalue weighted by Crippen LogP contribution is -2.54. The number of aromatic nitrogens is 2. The van der Waals surface area contributed by atoms with Crippen LogP contribution in [0, 0.1) is 0 Å². The zero-order valence-electron chi connectivity index (χ0n) is 16.2. The van der Waals surface area contributed by atoms with Gasteiger partial charge >= 0.3 is 0 Å². The molecule has 0 amide bonds. The summed E-state index contributed by atoms with van der Waals surface area (Å²) in [6.45, 7) is 5.01. The first-order valence-corrected chi connectivity index (χ1v) is 10.4. The van der Waals surface area contributed by atoms with Gasteiger partial charge in [0.25, 0.3) is 0 Å². The van der Waals surface area contributed by atoms with Crippen LogP contribution in [-0.2, 0) is 23.2 Å². The molecule has 1 spiro atoms. The summed E-state index contributed by atoms with van der Waals surface area (Å²) in [7, 11) is 2.26. The smallest absolute Gasteiger partial charge is 0.133 e. The average molecular weight is 370 g/mol. The molecule has 6 nitrogen and oxygen atoms in total. The fourth-order valence-corrected chi connectivity index (χ4v) is 5.12. The van der Waals surface area contributed by atoms with Gasteiger partial charge in [-0.15, -0.1) is 0 Å². The Morgan fingerprint density at radius 2 is 2.11 bits per heavy atom. The first-order valence-electron chi connectivity index (χ1n) is 10.4. The molecule has 2 aromatic heterocycles. The summed E-state index contributed by atoms with van der Waals surface area (Å²) < 4.78 is 12.0. The molecule has 0 radical (unpaired) electrons. The van der Waals surface area contributed by atoms with Crippen molar-refractivity contribution in [1.82, 2.24) is 19.8 Å². The highest BCUT2D eigenvalue weighted by atomic mass is 16.5. The molecule has 0 aromatic carbocycles. The quantitative estimate of drug-likeness (QED) is 0.899. The second-order valence-electron chi connectivity index (χ2n) is 8.37. The van der Waals surface area contributed by atoms with Crippen molar-refractivity contribution >= 4 is 0 Å². The van der Waals surface area contributed by atoms with Crippen molar-refractivity contribution < 1.29 is 9.15 Å². The predicted molar refractivity (Wildman–Crippen MR) is 102 cm³/mol. The molecular weight excluding hydrogens is 340 g/mol. The average Bonchev–Trinajstić information content (AvgIpc) is 3.37. The highest BCUT2D eigenvalue weighted by molar-refractivity contribution is 5.26.